The number of rotatable bonds is 4. The molecule has 0 amide bonds. The van der Waals surface area contributed by atoms with Gasteiger partial charge in [-0.3, -0.25) is 0 Å². The molecule has 2 heteroatoms. The molecule has 1 unspecified atom stereocenters. The first-order valence-corrected chi connectivity index (χ1v) is 4.33. The first-order chi connectivity index (χ1) is 6.26. The molecule has 0 radical (unpaired) electrons. The van der Waals surface area contributed by atoms with Crippen molar-refractivity contribution in [1.82, 2.24) is 0 Å². The van der Waals surface area contributed by atoms with E-state index < -0.39 is 0 Å². The van der Waals surface area contributed by atoms with Crippen molar-refractivity contribution in [3.8, 4) is 5.75 Å². The van der Waals surface area contributed by atoms with E-state index in [2.05, 4.69) is 11.9 Å². The molecule has 1 aromatic rings. The molecule has 0 spiro atoms. The van der Waals surface area contributed by atoms with E-state index in [1.165, 1.54) is 0 Å². The molecule has 1 atom stereocenters. The molecular weight excluding hydrogens is 162 g/mol. The van der Waals surface area contributed by atoms with E-state index in [0.717, 1.165) is 11.4 Å². The van der Waals surface area contributed by atoms with Crippen molar-refractivity contribution >= 4 is 5.69 Å². The molecule has 1 N–H and O–H groups in total. The van der Waals surface area contributed by atoms with Gasteiger partial charge in [-0.1, -0.05) is 12.7 Å². The van der Waals surface area contributed by atoms with Crippen LogP contribution >= 0.6 is 0 Å². The van der Waals surface area contributed by atoms with Crippen molar-refractivity contribution in [2.45, 2.75) is 13.0 Å². The zero-order chi connectivity index (χ0) is 9.68. The molecule has 1 aromatic carbocycles. The largest absolute Gasteiger partial charge is 0.487 e. The van der Waals surface area contributed by atoms with Gasteiger partial charge >= 0.3 is 0 Å². The number of nitrogens with one attached hydrogen (secondary N) is 1. The van der Waals surface area contributed by atoms with Crippen LogP contribution in [0.1, 0.15) is 6.92 Å². The van der Waals surface area contributed by atoms with Crippen molar-refractivity contribution in [1.29, 1.82) is 0 Å². The smallest absolute Gasteiger partial charge is 0.120 e. The standard InChI is InChI=1S/C11H15NO/c1-4-9(2)13-11-7-5-10(12-3)6-8-11/h4-9,12H,1H2,2-3H3. The second kappa shape index (κ2) is 4.55. The van der Waals surface area contributed by atoms with E-state index >= 15 is 0 Å². The molecule has 1 rings (SSSR count). The van der Waals surface area contributed by atoms with Crippen molar-refractivity contribution in [3.63, 3.8) is 0 Å². The van der Waals surface area contributed by atoms with Gasteiger partial charge in [0.25, 0.3) is 0 Å². The van der Waals surface area contributed by atoms with Crippen LogP contribution in [0.2, 0.25) is 0 Å². The normalized spacial score (nSPS) is 11.8. The Morgan fingerprint density at radius 3 is 2.46 bits per heavy atom. The summed E-state index contributed by atoms with van der Waals surface area (Å²) in [4.78, 5) is 0. The van der Waals surface area contributed by atoms with Crippen LogP contribution in [0.25, 0.3) is 0 Å². The van der Waals surface area contributed by atoms with E-state index in [9.17, 15) is 0 Å². The first-order valence-electron chi connectivity index (χ1n) is 4.33. The molecule has 13 heavy (non-hydrogen) atoms. The molecule has 0 aromatic heterocycles. The Kier molecular flexibility index (Phi) is 3.38. The number of hydrogen-bond donors (Lipinski definition) is 1. The number of hydrogen-bond acceptors (Lipinski definition) is 2. The average Bonchev–Trinajstić information content (AvgIpc) is 2.19. The maximum Gasteiger partial charge on any atom is 0.120 e. The van der Waals surface area contributed by atoms with Crippen LogP contribution in [0.5, 0.6) is 5.75 Å². The van der Waals surface area contributed by atoms with Crippen LogP contribution in [0.4, 0.5) is 5.69 Å². The topological polar surface area (TPSA) is 21.3 Å². The van der Waals surface area contributed by atoms with Gasteiger partial charge in [0.05, 0.1) is 0 Å². The molecule has 0 aliphatic heterocycles. The molecule has 0 aliphatic rings. The maximum atomic E-state index is 5.52. The van der Waals surface area contributed by atoms with Gasteiger partial charge in [-0.15, -0.1) is 0 Å². The lowest BCUT2D eigenvalue weighted by atomic mass is 10.3. The zero-order valence-corrected chi connectivity index (χ0v) is 8.08. The van der Waals surface area contributed by atoms with Gasteiger partial charge < -0.3 is 10.1 Å². The Labute approximate surface area is 79.2 Å². The summed E-state index contributed by atoms with van der Waals surface area (Å²) < 4.78 is 5.52. The summed E-state index contributed by atoms with van der Waals surface area (Å²) in [5.74, 6) is 0.867. The number of benzene rings is 1. The van der Waals surface area contributed by atoms with Crippen LogP contribution in [-0.2, 0) is 0 Å². The molecule has 0 saturated heterocycles. The first kappa shape index (κ1) is 9.65. The molecular formula is C11H15NO. The van der Waals surface area contributed by atoms with E-state index in [0.29, 0.717) is 0 Å². The van der Waals surface area contributed by atoms with Crippen molar-refractivity contribution in [2.24, 2.45) is 0 Å². The predicted molar refractivity (Wildman–Crippen MR) is 56.3 cm³/mol. The fourth-order valence-electron chi connectivity index (χ4n) is 0.963. The third-order valence-corrected chi connectivity index (χ3v) is 1.80. The summed E-state index contributed by atoms with van der Waals surface area (Å²) in [6.45, 7) is 5.61. The summed E-state index contributed by atoms with van der Waals surface area (Å²) in [7, 11) is 1.89. The van der Waals surface area contributed by atoms with Crippen LogP contribution < -0.4 is 10.1 Å². The van der Waals surface area contributed by atoms with Crippen molar-refractivity contribution in [3.05, 3.63) is 36.9 Å². The van der Waals surface area contributed by atoms with Gasteiger partial charge in [0.1, 0.15) is 11.9 Å². The average molecular weight is 177 g/mol. The summed E-state index contributed by atoms with van der Waals surface area (Å²) in [5, 5.41) is 3.05. The van der Waals surface area contributed by atoms with Gasteiger partial charge in [0.15, 0.2) is 0 Å². The Balaban J connectivity index is 2.63. The summed E-state index contributed by atoms with van der Waals surface area (Å²) >= 11 is 0. The Morgan fingerprint density at radius 1 is 1.38 bits per heavy atom. The minimum atomic E-state index is 0.0560. The third kappa shape index (κ3) is 2.82. The fraction of sp³-hybridized carbons (Fsp3) is 0.273. The lowest BCUT2D eigenvalue weighted by molar-refractivity contribution is 0.270. The van der Waals surface area contributed by atoms with E-state index in [4.69, 9.17) is 4.74 Å². The second-order valence-electron chi connectivity index (χ2n) is 2.83. The quantitative estimate of drug-likeness (QED) is 0.714. The molecule has 0 bridgehead atoms. The lowest BCUT2D eigenvalue weighted by Gasteiger charge is -2.10. The molecule has 0 saturated carbocycles. The highest BCUT2D eigenvalue weighted by atomic mass is 16.5. The van der Waals surface area contributed by atoms with Gasteiger partial charge in [0.2, 0.25) is 0 Å². The number of anilines is 1. The van der Waals surface area contributed by atoms with Gasteiger partial charge in [-0.2, -0.15) is 0 Å². The lowest BCUT2D eigenvalue weighted by Crippen LogP contribution is -2.06. The molecule has 0 fully saturated rings. The Bertz CT molecular complexity index is 266. The van der Waals surface area contributed by atoms with Gasteiger partial charge in [-0.05, 0) is 31.2 Å². The molecule has 70 valence electrons. The fourth-order valence-corrected chi connectivity index (χ4v) is 0.963. The predicted octanol–water partition coefficient (Wildman–Crippen LogP) is 2.68. The van der Waals surface area contributed by atoms with E-state index in [-0.39, 0.29) is 6.10 Å². The van der Waals surface area contributed by atoms with E-state index in [1.54, 1.807) is 6.08 Å². The van der Waals surface area contributed by atoms with Crippen molar-refractivity contribution < 1.29 is 4.74 Å². The Morgan fingerprint density at radius 2 is 2.00 bits per heavy atom. The van der Waals surface area contributed by atoms with E-state index in [1.807, 2.05) is 38.2 Å². The highest BCUT2D eigenvalue weighted by Crippen LogP contribution is 2.16. The van der Waals surface area contributed by atoms with Crippen LogP contribution in [0.3, 0.4) is 0 Å². The Hall–Kier alpha value is -1.44. The van der Waals surface area contributed by atoms with Crippen LogP contribution in [0, 0.1) is 0 Å². The van der Waals surface area contributed by atoms with Gasteiger partial charge in [-0.25, -0.2) is 0 Å². The second-order valence-corrected chi connectivity index (χ2v) is 2.83. The highest BCUT2D eigenvalue weighted by molar-refractivity contribution is 5.45. The minimum Gasteiger partial charge on any atom is -0.487 e. The maximum absolute atomic E-state index is 5.52. The van der Waals surface area contributed by atoms with Crippen molar-refractivity contribution in [2.75, 3.05) is 12.4 Å². The molecule has 2 nitrogen and oxygen atoms in total. The van der Waals surface area contributed by atoms with Crippen LogP contribution in [0.15, 0.2) is 36.9 Å². The number of ether oxygens (including phenoxy) is 1. The third-order valence-electron chi connectivity index (χ3n) is 1.80. The molecule has 0 aliphatic carbocycles. The zero-order valence-electron chi connectivity index (χ0n) is 8.08. The molecule has 0 heterocycles. The monoisotopic (exact) mass is 177 g/mol. The highest BCUT2D eigenvalue weighted by Gasteiger charge is 1.97. The van der Waals surface area contributed by atoms with Crippen LogP contribution in [-0.4, -0.2) is 13.2 Å². The summed E-state index contributed by atoms with van der Waals surface area (Å²) in [6.07, 6.45) is 1.83. The van der Waals surface area contributed by atoms with Gasteiger partial charge in [0, 0.05) is 12.7 Å². The SMILES string of the molecule is C=CC(C)Oc1ccc(NC)cc1. The summed E-state index contributed by atoms with van der Waals surface area (Å²) in [6, 6.07) is 7.83. The minimum absolute atomic E-state index is 0.0560. The summed E-state index contributed by atoms with van der Waals surface area (Å²) in [5.41, 5.74) is 1.08.